The van der Waals surface area contributed by atoms with Crippen molar-refractivity contribution in [3.8, 4) is 16.9 Å². The lowest BCUT2D eigenvalue weighted by molar-refractivity contribution is 0.0332. The smallest absolute Gasteiger partial charge is 0.196 e. The quantitative estimate of drug-likeness (QED) is 0.534. The van der Waals surface area contributed by atoms with Crippen LogP contribution < -0.4 is 0 Å². The van der Waals surface area contributed by atoms with Gasteiger partial charge in [0, 0.05) is 48.8 Å². The Morgan fingerprint density at radius 1 is 1.17 bits per heavy atom. The average molecular weight is 392 g/mol. The summed E-state index contributed by atoms with van der Waals surface area (Å²) in [6, 6.07) is 13.5. The van der Waals surface area contributed by atoms with Crippen LogP contribution in [0.2, 0.25) is 0 Å². The van der Waals surface area contributed by atoms with Crippen LogP contribution in [0.15, 0.2) is 42.5 Å². The highest BCUT2D eigenvalue weighted by Gasteiger charge is 2.36. The summed E-state index contributed by atoms with van der Waals surface area (Å²) in [5.74, 6) is 0.184. The van der Waals surface area contributed by atoms with Crippen molar-refractivity contribution in [1.82, 2.24) is 9.47 Å². The number of ketones is 1. The van der Waals surface area contributed by atoms with E-state index in [4.69, 9.17) is 9.47 Å². The van der Waals surface area contributed by atoms with Crippen molar-refractivity contribution < 1.29 is 19.4 Å². The Bertz CT molecular complexity index is 1060. The summed E-state index contributed by atoms with van der Waals surface area (Å²) in [5.41, 5.74) is 4.28. The predicted octanol–water partition coefficient (Wildman–Crippen LogP) is 2.96. The van der Waals surface area contributed by atoms with Crippen molar-refractivity contribution in [2.45, 2.75) is 12.6 Å². The molecule has 5 rings (SSSR count). The highest BCUT2D eigenvalue weighted by atomic mass is 16.6. The SMILES string of the molecule is Cn1c(CN2CCOCC2)c(C(=O)C2CO2)c2cc(O)c(-c3ccccc3)cc21. The third-order valence-electron chi connectivity index (χ3n) is 5.87. The molecule has 0 saturated carbocycles. The maximum absolute atomic E-state index is 13.1. The summed E-state index contributed by atoms with van der Waals surface area (Å²) >= 11 is 0. The molecule has 2 saturated heterocycles. The van der Waals surface area contributed by atoms with Gasteiger partial charge in [0.1, 0.15) is 11.9 Å². The molecular formula is C23H24N2O4. The van der Waals surface area contributed by atoms with E-state index in [0.717, 1.165) is 40.8 Å². The van der Waals surface area contributed by atoms with Crippen LogP contribution in [0.25, 0.3) is 22.0 Å². The molecular weight excluding hydrogens is 368 g/mol. The van der Waals surface area contributed by atoms with Crippen LogP contribution >= 0.6 is 0 Å². The van der Waals surface area contributed by atoms with Gasteiger partial charge in [-0.3, -0.25) is 9.69 Å². The number of carbonyl (C=O) groups excluding carboxylic acids is 1. The standard InChI is InChI=1S/C23H24N2O4/c1-24-18-11-16(15-5-3-2-4-6-15)20(26)12-17(18)22(23(27)21-14-29-21)19(24)13-25-7-9-28-10-8-25/h2-6,11-12,21,26H,7-10,13-14H2,1H3. The highest BCUT2D eigenvalue weighted by molar-refractivity contribution is 6.13. The van der Waals surface area contributed by atoms with E-state index in [1.165, 1.54) is 0 Å². The summed E-state index contributed by atoms with van der Waals surface area (Å²) in [6.07, 6.45) is -0.361. The van der Waals surface area contributed by atoms with Crippen molar-refractivity contribution in [2.24, 2.45) is 7.05 Å². The van der Waals surface area contributed by atoms with Gasteiger partial charge in [-0.1, -0.05) is 30.3 Å². The van der Waals surface area contributed by atoms with Gasteiger partial charge in [-0.2, -0.15) is 0 Å². The Labute approximate surface area is 169 Å². The molecule has 0 amide bonds. The Kier molecular flexibility index (Phi) is 4.62. The minimum absolute atomic E-state index is 0.00530. The van der Waals surface area contributed by atoms with E-state index < -0.39 is 0 Å². The number of aromatic nitrogens is 1. The van der Waals surface area contributed by atoms with Gasteiger partial charge in [0.05, 0.1) is 25.4 Å². The first-order valence-electron chi connectivity index (χ1n) is 9.99. The van der Waals surface area contributed by atoms with Crippen LogP contribution in [-0.4, -0.2) is 59.4 Å². The fourth-order valence-corrected chi connectivity index (χ4v) is 4.16. The number of aryl methyl sites for hydroxylation is 1. The van der Waals surface area contributed by atoms with E-state index in [0.29, 0.717) is 31.9 Å². The van der Waals surface area contributed by atoms with Crippen molar-refractivity contribution in [3.63, 3.8) is 0 Å². The van der Waals surface area contributed by atoms with Crippen molar-refractivity contribution in [2.75, 3.05) is 32.9 Å². The molecule has 0 bridgehead atoms. The summed E-state index contributed by atoms with van der Waals surface area (Å²) in [5, 5.41) is 11.6. The number of fused-ring (bicyclic) bond motifs is 1. The minimum Gasteiger partial charge on any atom is -0.507 e. The third kappa shape index (κ3) is 3.33. The van der Waals surface area contributed by atoms with Crippen molar-refractivity contribution in [1.29, 1.82) is 0 Å². The predicted molar refractivity (Wildman–Crippen MR) is 110 cm³/mol. The van der Waals surface area contributed by atoms with Gasteiger partial charge in [0.15, 0.2) is 5.78 Å². The number of epoxide rings is 1. The molecule has 29 heavy (non-hydrogen) atoms. The molecule has 2 fully saturated rings. The maximum Gasteiger partial charge on any atom is 0.196 e. The van der Waals surface area contributed by atoms with Gasteiger partial charge >= 0.3 is 0 Å². The molecule has 1 unspecified atom stereocenters. The van der Waals surface area contributed by atoms with E-state index in [1.807, 2.05) is 43.4 Å². The van der Waals surface area contributed by atoms with E-state index in [9.17, 15) is 9.90 Å². The lowest BCUT2D eigenvalue weighted by Crippen LogP contribution is -2.36. The van der Waals surface area contributed by atoms with Crippen LogP contribution in [0.4, 0.5) is 0 Å². The molecule has 2 aliphatic rings. The lowest BCUT2D eigenvalue weighted by Gasteiger charge is -2.27. The number of morpholine rings is 1. The average Bonchev–Trinajstić information content (AvgIpc) is 3.56. The molecule has 1 atom stereocenters. The zero-order valence-electron chi connectivity index (χ0n) is 16.4. The molecule has 2 aromatic carbocycles. The van der Waals surface area contributed by atoms with E-state index in [1.54, 1.807) is 6.07 Å². The Hall–Kier alpha value is -2.67. The first-order chi connectivity index (χ1) is 14.1. The largest absolute Gasteiger partial charge is 0.507 e. The number of phenols is 1. The second-order valence-electron chi connectivity index (χ2n) is 7.71. The van der Waals surface area contributed by atoms with Crippen molar-refractivity contribution >= 4 is 16.7 Å². The molecule has 1 aromatic heterocycles. The van der Waals surface area contributed by atoms with Gasteiger partial charge in [-0.05, 0) is 17.7 Å². The molecule has 1 N–H and O–H groups in total. The van der Waals surface area contributed by atoms with Crippen LogP contribution in [0.3, 0.4) is 0 Å². The molecule has 0 spiro atoms. The fraction of sp³-hybridized carbons (Fsp3) is 0.348. The zero-order chi connectivity index (χ0) is 20.0. The van der Waals surface area contributed by atoms with Crippen LogP contribution in [0.5, 0.6) is 5.75 Å². The molecule has 150 valence electrons. The number of hydrogen-bond donors (Lipinski definition) is 1. The highest BCUT2D eigenvalue weighted by Crippen LogP contribution is 2.38. The molecule has 0 aliphatic carbocycles. The van der Waals surface area contributed by atoms with Gasteiger partial charge in [0.25, 0.3) is 0 Å². The molecule has 3 heterocycles. The van der Waals surface area contributed by atoms with E-state index in [-0.39, 0.29) is 17.6 Å². The number of hydrogen-bond acceptors (Lipinski definition) is 5. The summed E-state index contributed by atoms with van der Waals surface area (Å²) < 4.78 is 12.9. The Morgan fingerprint density at radius 3 is 2.59 bits per heavy atom. The number of ether oxygens (including phenoxy) is 2. The number of phenolic OH excluding ortho intramolecular Hbond substituents is 1. The second-order valence-corrected chi connectivity index (χ2v) is 7.71. The topological polar surface area (TPSA) is 67.2 Å². The Balaban J connectivity index is 1.66. The molecule has 3 aromatic rings. The number of benzene rings is 2. The first-order valence-corrected chi connectivity index (χ1v) is 9.99. The summed E-state index contributed by atoms with van der Waals surface area (Å²) in [6.45, 7) is 4.24. The number of Topliss-reactive ketones (excluding diaryl/α,β-unsaturated/α-hetero) is 1. The van der Waals surface area contributed by atoms with Gasteiger partial charge in [-0.15, -0.1) is 0 Å². The maximum atomic E-state index is 13.1. The minimum atomic E-state index is -0.361. The summed E-state index contributed by atoms with van der Waals surface area (Å²) in [7, 11) is 1.99. The van der Waals surface area contributed by atoms with Gasteiger partial charge < -0.3 is 19.1 Å². The zero-order valence-corrected chi connectivity index (χ0v) is 16.4. The van der Waals surface area contributed by atoms with Crippen LogP contribution in [-0.2, 0) is 23.1 Å². The monoisotopic (exact) mass is 392 g/mol. The van der Waals surface area contributed by atoms with E-state index >= 15 is 0 Å². The molecule has 0 radical (unpaired) electrons. The van der Waals surface area contributed by atoms with E-state index in [2.05, 4.69) is 9.47 Å². The van der Waals surface area contributed by atoms with Gasteiger partial charge in [-0.25, -0.2) is 0 Å². The molecule has 2 aliphatic heterocycles. The number of aromatic hydroxyl groups is 1. The third-order valence-corrected chi connectivity index (χ3v) is 5.87. The van der Waals surface area contributed by atoms with Crippen LogP contribution in [0, 0.1) is 0 Å². The number of rotatable bonds is 5. The van der Waals surface area contributed by atoms with Crippen LogP contribution in [0.1, 0.15) is 16.1 Å². The molecule has 6 nitrogen and oxygen atoms in total. The first kappa shape index (κ1) is 18.4. The number of nitrogens with zero attached hydrogens (tertiary/aromatic N) is 2. The number of carbonyl (C=O) groups is 1. The Morgan fingerprint density at radius 2 is 1.90 bits per heavy atom. The lowest BCUT2D eigenvalue weighted by atomic mass is 9.99. The van der Waals surface area contributed by atoms with Gasteiger partial charge in [0.2, 0.25) is 0 Å². The second kappa shape index (κ2) is 7.30. The normalized spacial score (nSPS) is 19.6. The molecule has 6 heteroatoms. The fourth-order valence-electron chi connectivity index (χ4n) is 4.16. The van der Waals surface area contributed by atoms with Crippen molar-refractivity contribution in [3.05, 3.63) is 53.7 Å². The summed E-state index contributed by atoms with van der Waals surface area (Å²) in [4.78, 5) is 15.4.